The highest BCUT2D eigenvalue weighted by molar-refractivity contribution is 4.83. The fourth-order valence-electron chi connectivity index (χ4n) is 1.80. The van der Waals surface area contributed by atoms with E-state index in [0.717, 1.165) is 26.1 Å². The highest BCUT2D eigenvalue weighted by Crippen LogP contribution is 2.10. The van der Waals surface area contributed by atoms with E-state index >= 15 is 0 Å². The van der Waals surface area contributed by atoms with Crippen molar-refractivity contribution in [2.24, 2.45) is 5.73 Å². The Morgan fingerprint density at radius 2 is 1.80 bits per heavy atom. The molecule has 0 fully saturated rings. The summed E-state index contributed by atoms with van der Waals surface area (Å²) < 4.78 is 0. The lowest BCUT2D eigenvalue weighted by Gasteiger charge is -2.36. The van der Waals surface area contributed by atoms with Crippen LogP contribution in [-0.2, 0) is 0 Å². The molecule has 0 aromatic carbocycles. The molecule has 0 heterocycles. The van der Waals surface area contributed by atoms with Gasteiger partial charge < -0.3 is 10.6 Å². The number of nitrogens with two attached hydrogens (primary N) is 1. The van der Waals surface area contributed by atoms with Crippen molar-refractivity contribution in [3.63, 3.8) is 0 Å². The average Bonchev–Trinajstić information content (AvgIpc) is 2.13. The Balaban J connectivity index is 4.23. The molecule has 92 valence electrons. The largest absolute Gasteiger partial charge is 0.324 e. The first-order valence-electron chi connectivity index (χ1n) is 6.00. The van der Waals surface area contributed by atoms with Gasteiger partial charge in [-0.1, -0.05) is 13.8 Å². The Morgan fingerprint density at radius 1 is 1.27 bits per heavy atom. The van der Waals surface area contributed by atoms with E-state index in [9.17, 15) is 0 Å². The van der Waals surface area contributed by atoms with Gasteiger partial charge in [-0.2, -0.15) is 0 Å². The van der Waals surface area contributed by atoms with Crippen molar-refractivity contribution in [3.05, 3.63) is 0 Å². The number of likely N-dealkylation sites (N-methyl/N-ethyl adjacent to an activating group) is 2. The topological polar surface area (TPSA) is 32.5 Å². The van der Waals surface area contributed by atoms with Crippen molar-refractivity contribution in [1.29, 1.82) is 0 Å². The number of nitrogens with zero attached hydrogens (tertiary/aromatic N) is 2. The monoisotopic (exact) mass is 215 g/mol. The van der Waals surface area contributed by atoms with Gasteiger partial charge in [0.1, 0.15) is 0 Å². The lowest BCUT2D eigenvalue weighted by molar-refractivity contribution is 0.147. The van der Waals surface area contributed by atoms with Gasteiger partial charge in [-0.25, -0.2) is 0 Å². The molecule has 0 bridgehead atoms. The van der Waals surface area contributed by atoms with E-state index in [0.29, 0.717) is 6.04 Å². The van der Waals surface area contributed by atoms with Gasteiger partial charge in [0.25, 0.3) is 0 Å². The molecule has 0 saturated heterocycles. The van der Waals surface area contributed by atoms with E-state index in [-0.39, 0.29) is 5.54 Å². The maximum absolute atomic E-state index is 6.21. The molecule has 0 aromatic rings. The van der Waals surface area contributed by atoms with Crippen LogP contribution < -0.4 is 5.73 Å². The summed E-state index contributed by atoms with van der Waals surface area (Å²) in [5, 5.41) is 0. The Bertz CT molecular complexity index is 166. The molecule has 0 aromatic heterocycles. The summed E-state index contributed by atoms with van der Waals surface area (Å²) >= 11 is 0. The fraction of sp³-hybridized carbons (Fsp3) is 1.00. The molecular weight excluding hydrogens is 186 g/mol. The fourth-order valence-corrected chi connectivity index (χ4v) is 1.80. The summed E-state index contributed by atoms with van der Waals surface area (Å²) in [7, 11) is 4.23. The van der Waals surface area contributed by atoms with Gasteiger partial charge in [0.2, 0.25) is 0 Å². The van der Waals surface area contributed by atoms with Crippen molar-refractivity contribution in [3.8, 4) is 0 Å². The minimum Gasteiger partial charge on any atom is -0.324 e. The molecule has 2 atom stereocenters. The molecule has 3 heteroatoms. The predicted molar refractivity (Wildman–Crippen MR) is 68.1 cm³/mol. The second kappa shape index (κ2) is 6.46. The Hall–Kier alpha value is -0.120. The molecule has 0 aliphatic heterocycles. The second-order valence-electron chi connectivity index (χ2n) is 5.18. The molecule has 0 aliphatic carbocycles. The Labute approximate surface area is 95.6 Å². The van der Waals surface area contributed by atoms with Crippen molar-refractivity contribution in [1.82, 2.24) is 9.80 Å². The zero-order chi connectivity index (χ0) is 12.1. The number of hydrogen-bond acceptors (Lipinski definition) is 3. The van der Waals surface area contributed by atoms with E-state index in [2.05, 4.69) is 51.6 Å². The van der Waals surface area contributed by atoms with E-state index in [1.54, 1.807) is 0 Å². The third-order valence-electron chi connectivity index (χ3n) is 3.03. The highest BCUT2D eigenvalue weighted by Gasteiger charge is 2.22. The summed E-state index contributed by atoms with van der Waals surface area (Å²) in [5.41, 5.74) is 6.15. The molecule has 0 rings (SSSR count). The first-order valence-corrected chi connectivity index (χ1v) is 6.00. The van der Waals surface area contributed by atoms with Crippen LogP contribution in [0.3, 0.4) is 0 Å². The van der Waals surface area contributed by atoms with Gasteiger partial charge in [0.05, 0.1) is 0 Å². The number of rotatable bonds is 7. The van der Waals surface area contributed by atoms with Crippen LogP contribution in [0, 0.1) is 0 Å². The molecule has 15 heavy (non-hydrogen) atoms. The summed E-state index contributed by atoms with van der Waals surface area (Å²) in [5.74, 6) is 0. The van der Waals surface area contributed by atoms with Crippen molar-refractivity contribution < 1.29 is 0 Å². The summed E-state index contributed by atoms with van der Waals surface area (Å²) in [6, 6.07) is 0.569. The van der Waals surface area contributed by atoms with Crippen LogP contribution in [0.2, 0.25) is 0 Å². The molecule has 3 nitrogen and oxygen atoms in total. The Morgan fingerprint density at radius 3 is 2.13 bits per heavy atom. The first-order chi connectivity index (χ1) is 6.82. The van der Waals surface area contributed by atoms with Crippen LogP contribution in [0.25, 0.3) is 0 Å². The summed E-state index contributed by atoms with van der Waals surface area (Å²) in [4.78, 5) is 4.69. The maximum Gasteiger partial charge on any atom is 0.0252 e. The third kappa shape index (κ3) is 6.13. The van der Waals surface area contributed by atoms with Crippen LogP contribution in [0.4, 0.5) is 0 Å². The van der Waals surface area contributed by atoms with Gasteiger partial charge in [0, 0.05) is 24.7 Å². The average molecular weight is 215 g/mol. The van der Waals surface area contributed by atoms with Gasteiger partial charge in [0.15, 0.2) is 0 Å². The standard InChI is InChI=1S/C12H29N3/c1-7-12(4,13)10-15(8-2)11(3)9-14(5)6/h11H,7-10,13H2,1-6H3. The first kappa shape index (κ1) is 14.9. The van der Waals surface area contributed by atoms with Crippen molar-refractivity contribution in [2.75, 3.05) is 33.7 Å². The van der Waals surface area contributed by atoms with Crippen LogP contribution in [0.15, 0.2) is 0 Å². The molecule has 0 saturated carbocycles. The van der Waals surface area contributed by atoms with E-state index in [1.165, 1.54) is 0 Å². The number of hydrogen-bond donors (Lipinski definition) is 1. The van der Waals surface area contributed by atoms with Gasteiger partial charge in [-0.15, -0.1) is 0 Å². The summed E-state index contributed by atoms with van der Waals surface area (Å²) in [6.07, 6.45) is 1.03. The predicted octanol–water partition coefficient (Wildman–Crippen LogP) is 1.39. The van der Waals surface area contributed by atoms with E-state index in [1.807, 2.05) is 0 Å². The van der Waals surface area contributed by atoms with Gasteiger partial charge >= 0.3 is 0 Å². The van der Waals surface area contributed by atoms with Gasteiger partial charge in [-0.05, 0) is 40.9 Å². The zero-order valence-corrected chi connectivity index (χ0v) is 11.4. The molecule has 2 unspecified atom stereocenters. The third-order valence-corrected chi connectivity index (χ3v) is 3.03. The highest BCUT2D eigenvalue weighted by atomic mass is 15.2. The molecule has 0 radical (unpaired) electrons. The van der Waals surface area contributed by atoms with Crippen LogP contribution >= 0.6 is 0 Å². The van der Waals surface area contributed by atoms with E-state index < -0.39 is 0 Å². The quantitative estimate of drug-likeness (QED) is 0.696. The molecule has 0 amide bonds. The van der Waals surface area contributed by atoms with Crippen molar-refractivity contribution in [2.45, 2.75) is 45.7 Å². The molecule has 2 N–H and O–H groups in total. The molecule has 0 spiro atoms. The van der Waals surface area contributed by atoms with Crippen LogP contribution in [-0.4, -0.2) is 55.1 Å². The normalized spacial score (nSPS) is 18.2. The van der Waals surface area contributed by atoms with Gasteiger partial charge in [-0.3, -0.25) is 4.90 Å². The second-order valence-corrected chi connectivity index (χ2v) is 5.18. The minimum absolute atomic E-state index is 0.0589. The van der Waals surface area contributed by atoms with Crippen LogP contribution in [0.1, 0.15) is 34.1 Å². The molecular formula is C12H29N3. The zero-order valence-electron chi connectivity index (χ0n) is 11.4. The lowest BCUT2D eigenvalue weighted by atomic mass is 9.99. The minimum atomic E-state index is -0.0589. The summed E-state index contributed by atoms with van der Waals surface area (Å²) in [6.45, 7) is 11.9. The maximum atomic E-state index is 6.21. The van der Waals surface area contributed by atoms with E-state index in [4.69, 9.17) is 5.73 Å². The smallest absolute Gasteiger partial charge is 0.0252 e. The lowest BCUT2D eigenvalue weighted by Crippen LogP contribution is -2.51. The molecule has 0 aliphatic rings. The van der Waals surface area contributed by atoms with Crippen molar-refractivity contribution >= 4 is 0 Å². The SMILES string of the molecule is CCN(CC(C)(N)CC)C(C)CN(C)C. The van der Waals surface area contributed by atoms with Crippen LogP contribution in [0.5, 0.6) is 0 Å². The Kier molecular flexibility index (Phi) is 6.41.